The van der Waals surface area contributed by atoms with Gasteiger partial charge in [0.15, 0.2) is 0 Å². The Hall–Kier alpha value is -1.46. The van der Waals surface area contributed by atoms with Crippen LogP contribution < -0.4 is 0 Å². The summed E-state index contributed by atoms with van der Waals surface area (Å²) in [6.45, 7) is 0. The zero-order valence-corrected chi connectivity index (χ0v) is 18.3. The van der Waals surface area contributed by atoms with Gasteiger partial charge in [0.25, 0.3) is 0 Å². The first-order chi connectivity index (χ1) is 12.9. The van der Waals surface area contributed by atoms with Gasteiger partial charge in [-0.2, -0.15) is 11.1 Å². The molecule has 0 radical (unpaired) electrons. The SMILES string of the molecule is [Zr+2].c1ccc2c(CC3CC3)c[cH-]c2c1.c1ccc2c(CC3CC3)c[cH-]c2c1. The summed E-state index contributed by atoms with van der Waals surface area (Å²) >= 11 is 0. The van der Waals surface area contributed by atoms with Crippen LogP contribution in [0.2, 0.25) is 0 Å². The predicted octanol–water partition coefficient (Wildman–Crippen LogP) is 7.02. The second-order valence-electron chi connectivity index (χ2n) is 8.19. The summed E-state index contributed by atoms with van der Waals surface area (Å²) < 4.78 is 0. The number of fused-ring (bicyclic) bond motifs is 2. The summed E-state index contributed by atoms with van der Waals surface area (Å²) in [5.74, 6) is 1.98. The quantitative estimate of drug-likeness (QED) is 0.306. The molecular formula is C26H26Zr. The largest absolute Gasteiger partial charge is 2.00 e. The van der Waals surface area contributed by atoms with Gasteiger partial charge in [0.1, 0.15) is 0 Å². The molecule has 2 saturated carbocycles. The van der Waals surface area contributed by atoms with Crippen molar-refractivity contribution < 1.29 is 26.2 Å². The number of hydrogen-bond acceptors (Lipinski definition) is 0. The zero-order valence-electron chi connectivity index (χ0n) is 15.8. The summed E-state index contributed by atoms with van der Waals surface area (Å²) in [5.41, 5.74) is 3.11. The third-order valence-electron chi connectivity index (χ3n) is 5.95. The number of benzene rings is 2. The van der Waals surface area contributed by atoms with E-state index in [1.165, 1.54) is 60.1 Å². The summed E-state index contributed by atoms with van der Waals surface area (Å²) in [7, 11) is 0. The fourth-order valence-corrected chi connectivity index (χ4v) is 4.05. The van der Waals surface area contributed by atoms with E-state index in [1.807, 2.05) is 0 Å². The molecule has 0 nitrogen and oxygen atoms in total. The Labute approximate surface area is 181 Å². The minimum absolute atomic E-state index is 0. The Bertz CT molecular complexity index is 927. The molecule has 6 rings (SSSR count). The van der Waals surface area contributed by atoms with E-state index in [0.29, 0.717) is 0 Å². The van der Waals surface area contributed by atoms with Gasteiger partial charge in [-0.05, 0) is 11.8 Å². The van der Waals surface area contributed by atoms with E-state index in [-0.39, 0.29) is 26.2 Å². The van der Waals surface area contributed by atoms with E-state index in [4.69, 9.17) is 0 Å². The first kappa shape index (κ1) is 18.9. The average molecular weight is 430 g/mol. The van der Waals surface area contributed by atoms with E-state index in [0.717, 1.165) is 11.8 Å². The molecular weight excluding hydrogens is 404 g/mol. The van der Waals surface area contributed by atoms with Crippen LogP contribution in [0.4, 0.5) is 0 Å². The standard InChI is InChI=1S/2C13H13.Zr/c2*1-2-4-13-11(3-1)7-8-12(13)9-10-5-6-10;/h2*1-4,7-8,10H,5-6,9H2;/q2*-1;+2. The van der Waals surface area contributed by atoms with Gasteiger partial charge in [0.2, 0.25) is 0 Å². The molecule has 4 aromatic rings. The maximum atomic E-state index is 2.29. The Balaban J connectivity index is 0.000000129. The molecule has 0 atom stereocenters. The first-order valence-electron chi connectivity index (χ1n) is 10.1. The van der Waals surface area contributed by atoms with Crippen LogP contribution in [0.1, 0.15) is 36.8 Å². The smallest absolute Gasteiger partial charge is 0.153 e. The van der Waals surface area contributed by atoms with Crippen molar-refractivity contribution in [1.29, 1.82) is 0 Å². The van der Waals surface area contributed by atoms with Gasteiger partial charge in [-0.15, -0.1) is 82.2 Å². The molecule has 0 heterocycles. The number of rotatable bonds is 4. The van der Waals surface area contributed by atoms with Gasteiger partial charge >= 0.3 is 26.2 Å². The molecule has 27 heavy (non-hydrogen) atoms. The predicted molar refractivity (Wildman–Crippen MR) is 112 cm³/mol. The molecule has 2 fully saturated rings. The molecule has 0 spiro atoms. The Morgan fingerprint density at radius 3 is 1.44 bits per heavy atom. The maximum absolute atomic E-state index is 2.29. The molecule has 0 unspecified atom stereocenters. The molecule has 0 aromatic heterocycles. The van der Waals surface area contributed by atoms with Crippen LogP contribution in [-0.4, -0.2) is 0 Å². The molecule has 0 N–H and O–H groups in total. The van der Waals surface area contributed by atoms with Gasteiger partial charge in [0.05, 0.1) is 0 Å². The van der Waals surface area contributed by atoms with Crippen LogP contribution in [0.25, 0.3) is 21.5 Å². The summed E-state index contributed by atoms with van der Waals surface area (Å²) in [4.78, 5) is 0. The maximum Gasteiger partial charge on any atom is 2.00 e. The van der Waals surface area contributed by atoms with E-state index in [9.17, 15) is 0 Å². The fourth-order valence-electron chi connectivity index (χ4n) is 4.05. The third kappa shape index (κ3) is 4.52. The van der Waals surface area contributed by atoms with Gasteiger partial charge in [0, 0.05) is 0 Å². The zero-order chi connectivity index (χ0) is 17.3. The molecule has 1 heteroatoms. The van der Waals surface area contributed by atoms with Crippen LogP contribution in [0.3, 0.4) is 0 Å². The van der Waals surface area contributed by atoms with Crippen molar-refractivity contribution in [1.82, 2.24) is 0 Å². The molecule has 0 bridgehead atoms. The molecule has 0 amide bonds. The molecule has 4 aromatic carbocycles. The van der Waals surface area contributed by atoms with Crippen LogP contribution in [-0.2, 0) is 39.0 Å². The van der Waals surface area contributed by atoms with Crippen molar-refractivity contribution in [3.63, 3.8) is 0 Å². The van der Waals surface area contributed by atoms with E-state index < -0.39 is 0 Å². The van der Waals surface area contributed by atoms with Gasteiger partial charge in [-0.25, -0.2) is 0 Å². The van der Waals surface area contributed by atoms with Gasteiger partial charge < -0.3 is 0 Å². The topological polar surface area (TPSA) is 0 Å². The molecule has 0 aliphatic heterocycles. The average Bonchev–Trinajstić information content (AvgIpc) is 3.59. The summed E-state index contributed by atoms with van der Waals surface area (Å²) in [6, 6.07) is 26.5. The Morgan fingerprint density at radius 2 is 1.04 bits per heavy atom. The van der Waals surface area contributed by atoms with Crippen molar-refractivity contribution in [2.24, 2.45) is 11.8 Å². The molecule has 2 aliphatic carbocycles. The van der Waals surface area contributed by atoms with Crippen LogP contribution in [0, 0.1) is 11.8 Å². The Morgan fingerprint density at radius 1 is 0.630 bits per heavy atom. The second-order valence-corrected chi connectivity index (χ2v) is 8.19. The van der Waals surface area contributed by atoms with Crippen molar-refractivity contribution in [2.45, 2.75) is 38.5 Å². The van der Waals surface area contributed by atoms with Gasteiger partial charge in [-0.1, -0.05) is 50.7 Å². The van der Waals surface area contributed by atoms with Crippen LogP contribution >= 0.6 is 0 Å². The fraction of sp³-hybridized carbons (Fsp3) is 0.308. The normalized spacial score (nSPS) is 16.0. The Kier molecular flexibility index (Phi) is 5.79. The van der Waals surface area contributed by atoms with Crippen LogP contribution in [0.15, 0.2) is 72.8 Å². The minimum atomic E-state index is 0. The van der Waals surface area contributed by atoms with Crippen molar-refractivity contribution in [2.75, 3.05) is 0 Å². The van der Waals surface area contributed by atoms with E-state index in [2.05, 4.69) is 72.8 Å². The van der Waals surface area contributed by atoms with Gasteiger partial charge in [-0.3, -0.25) is 0 Å². The molecule has 134 valence electrons. The van der Waals surface area contributed by atoms with Crippen molar-refractivity contribution in [3.8, 4) is 0 Å². The van der Waals surface area contributed by atoms with E-state index >= 15 is 0 Å². The molecule has 2 aliphatic rings. The van der Waals surface area contributed by atoms with E-state index in [1.54, 1.807) is 11.1 Å². The van der Waals surface area contributed by atoms with Crippen LogP contribution in [0.5, 0.6) is 0 Å². The second kappa shape index (κ2) is 8.28. The summed E-state index contributed by atoms with van der Waals surface area (Å²) in [6.07, 6.45) is 8.37. The first-order valence-corrected chi connectivity index (χ1v) is 10.1. The minimum Gasteiger partial charge on any atom is -0.153 e. The molecule has 0 saturated heterocycles. The third-order valence-corrected chi connectivity index (χ3v) is 5.95. The van der Waals surface area contributed by atoms with Crippen molar-refractivity contribution in [3.05, 3.63) is 83.9 Å². The number of hydrogen-bond donors (Lipinski definition) is 0. The monoisotopic (exact) mass is 428 g/mol. The summed E-state index contributed by atoms with van der Waals surface area (Å²) in [5, 5.41) is 5.74. The van der Waals surface area contributed by atoms with Crippen molar-refractivity contribution >= 4 is 21.5 Å².